The first-order valence-corrected chi connectivity index (χ1v) is 14.6. The van der Waals surface area contributed by atoms with Crippen molar-refractivity contribution in [2.24, 2.45) is 22.2 Å². The van der Waals surface area contributed by atoms with Gasteiger partial charge in [-0.1, -0.05) is 12.1 Å². The fraction of sp³-hybridized carbons (Fsp3) is 0.462. The quantitative estimate of drug-likeness (QED) is 0.0540. The normalized spacial score (nSPS) is 13.7. The lowest BCUT2D eigenvalue weighted by molar-refractivity contribution is -0.142. The zero-order chi connectivity index (χ0) is 31.1. The van der Waals surface area contributed by atoms with E-state index in [0.717, 1.165) is 0 Å². The van der Waals surface area contributed by atoms with Crippen LogP contribution in [0, 0.1) is 0 Å². The Labute approximate surface area is 247 Å². The molecule has 0 fully saturated rings. The lowest BCUT2D eigenvalue weighted by Crippen LogP contribution is -2.58. The van der Waals surface area contributed by atoms with E-state index >= 15 is 0 Å². The number of aromatic nitrogens is 2. The summed E-state index contributed by atoms with van der Waals surface area (Å²) in [5, 5.41) is 27.1. The fourth-order valence-corrected chi connectivity index (χ4v) is 4.36. The summed E-state index contributed by atoms with van der Waals surface area (Å²) >= 11 is 1.47. The van der Waals surface area contributed by atoms with Gasteiger partial charge >= 0.3 is 5.97 Å². The van der Waals surface area contributed by atoms with E-state index in [9.17, 15) is 29.4 Å². The molecule has 12 N–H and O–H groups in total. The minimum atomic E-state index is -1.27. The molecule has 230 valence electrons. The van der Waals surface area contributed by atoms with Crippen molar-refractivity contribution in [2.45, 2.75) is 56.3 Å². The maximum Gasteiger partial charge on any atom is 0.326 e. The van der Waals surface area contributed by atoms with E-state index < -0.39 is 47.9 Å². The Morgan fingerprint density at radius 2 is 1.62 bits per heavy atom. The van der Waals surface area contributed by atoms with Crippen molar-refractivity contribution in [1.82, 2.24) is 25.9 Å². The third-order valence-corrected chi connectivity index (χ3v) is 6.79. The number of guanidine groups is 1. The van der Waals surface area contributed by atoms with E-state index in [1.54, 1.807) is 18.3 Å². The minimum absolute atomic E-state index is 0.0132. The average Bonchev–Trinajstić information content (AvgIpc) is 3.45. The number of hydrogen-bond donors (Lipinski definition) is 9. The van der Waals surface area contributed by atoms with Gasteiger partial charge in [0.05, 0.1) is 12.4 Å². The summed E-state index contributed by atoms with van der Waals surface area (Å²) in [6.07, 6.45) is 5.60. The molecule has 1 heterocycles. The molecule has 4 unspecified atom stereocenters. The molecule has 1 aromatic carbocycles. The van der Waals surface area contributed by atoms with Crippen molar-refractivity contribution in [3.05, 3.63) is 48.0 Å². The molecule has 2 rings (SSSR count). The number of carbonyl (C=O) groups excluding carboxylic acids is 3. The number of phenolic OH excluding ortho intramolecular Hbond substituents is 1. The number of aromatic hydroxyl groups is 1. The van der Waals surface area contributed by atoms with E-state index in [0.29, 0.717) is 17.0 Å². The van der Waals surface area contributed by atoms with Crippen molar-refractivity contribution in [2.75, 3.05) is 18.6 Å². The Bertz CT molecular complexity index is 1190. The molecule has 42 heavy (non-hydrogen) atoms. The molecule has 0 radical (unpaired) electrons. The summed E-state index contributed by atoms with van der Waals surface area (Å²) in [6, 6.07) is 1.58. The number of aliphatic imine (C=N–C) groups is 1. The van der Waals surface area contributed by atoms with Crippen LogP contribution in [-0.4, -0.2) is 92.6 Å². The SMILES string of the molecule is CSCCC(NC(=O)C(N)Cc1cnc[nH]1)C(=O)NC(Cc1ccc(O)cc1)C(=O)NC(CCCN=C(N)N)C(=O)O. The van der Waals surface area contributed by atoms with Crippen LogP contribution in [0.5, 0.6) is 5.75 Å². The topological polar surface area (TPSA) is 264 Å². The van der Waals surface area contributed by atoms with Crippen LogP contribution in [0.15, 0.2) is 41.8 Å². The highest BCUT2D eigenvalue weighted by Gasteiger charge is 2.30. The van der Waals surface area contributed by atoms with Crippen LogP contribution in [0.4, 0.5) is 0 Å². The first kappa shape index (κ1) is 33.9. The fourth-order valence-electron chi connectivity index (χ4n) is 3.89. The van der Waals surface area contributed by atoms with Crippen molar-refractivity contribution < 1.29 is 29.4 Å². The summed E-state index contributed by atoms with van der Waals surface area (Å²) in [5.74, 6) is -2.79. The van der Waals surface area contributed by atoms with Crippen LogP contribution in [0.1, 0.15) is 30.5 Å². The number of aromatic amines is 1. The van der Waals surface area contributed by atoms with E-state index in [1.165, 1.54) is 30.2 Å². The molecule has 0 aliphatic rings. The number of carboxylic acid groups (broad SMARTS) is 1. The standard InChI is InChI=1S/C26H39N9O6S/c1-42-10-8-19(33-22(37)18(27)12-16-13-30-14-32-16)23(38)35-21(11-15-4-6-17(36)7-5-15)24(39)34-20(25(40)41)3-2-9-31-26(28)29/h4-7,13-14,18-21,36H,2-3,8-12,27H2,1H3,(H,30,32)(H,33,37)(H,34,39)(H,35,38)(H,40,41)(H4,28,29,31). The predicted molar refractivity (Wildman–Crippen MR) is 158 cm³/mol. The van der Waals surface area contributed by atoms with Crippen molar-refractivity contribution in [3.63, 3.8) is 0 Å². The highest BCUT2D eigenvalue weighted by molar-refractivity contribution is 7.98. The van der Waals surface area contributed by atoms with E-state index in [-0.39, 0.29) is 50.4 Å². The third-order valence-electron chi connectivity index (χ3n) is 6.14. The highest BCUT2D eigenvalue weighted by Crippen LogP contribution is 2.13. The van der Waals surface area contributed by atoms with Crippen LogP contribution < -0.4 is 33.2 Å². The monoisotopic (exact) mass is 605 g/mol. The summed E-state index contributed by atoms with van der Waals surface area (Å²) in [4.78, 5) is 62.0. The second-order valence-electron chi connectivity index (χ2n) is 9.51. The van der Waals surface area contributed by atoms with Gasteiger partial charge in [-0.15, -0.1) is 0 Å². The number of H-pyrrole nitrogens is 1. The number of carboxylic acids is 1. The van der Waals surface area contributed by atoms with Crippen LogP contribution in [0.2, 0.25) is 0 Å². The van der Waals surface area contributed by atoms with E-state index in [2.05, 4.69) is 30.9 Å². The number of nitrogens with zero attached hydrogens (tertiary/aromatic N) is 2. The molecule has 16 heteroatoms. The molecule has 15 nitrogen and oxygen atoms in total. The molecule has 0 aliphatic carbocycles. The van der Waals surface area contributed by atoms with Crippen LogP contribution in [-0.2, 0) is 32.0 Å². The Balaban J connectivity index is 2.19. The van der Waals surface area contributed by atoms with Crippen molar-refractivity contribution in [1.29, 1.82) is 0 Å². The number of hydrogen-bond acceptors (Lipinski definition) is 9. The van der Waals surface area contributed by atoms with Gasteiger partial charge in [0.15, 0.2) is 5.96 Å². The summed E-state index contributed by atoms with van der Waals surface area (Å²) < 4.78 is 0. The zero-order valence-corrected chi connectivity index (χ0v) is 24.1. The highest BCUT2D eigenvalue weighted by atomic mass is 32.2. The molecule has 2 aromatic rings. The van der Waals surface area contributed by atoms with Gasteiger partial charge in [-0.2, -0.15) is 11.8 Å². The van der Waals surface area contributed by atoms with Gasteiger partial charge in [0, 0.05) is 31.3 Å². The summed E-state index contributed by atoms with van der Waals surface area (Å²) in [6.45, 7) is 0.176. The molecule has 1 aromatic heterocycles. The molecular weight excluding hydrogens is 566 g/mol. The second-order valence-corrected chi connectivity index (χ2v) is 10.5. The van der Waals surface area contributed by atoms with Gasteiger partial charge in [0.1, 0.15) is 23.9 Å². The van der Waals surface area contributed by atoms with Crippen LogP contribution in [0.25, 0.3) is 0 Å². The van der Waals surface area contributed by atoms with E-state index in [1.807, 2.05) is 6.26 Å². The van der Waals surface area contributed by atoms with Gasteiger partial charge < -0.3 is 48.3 Å². The number of nitrogens with one attached hydrogen (secondary N) is 4. The second kappa shape index (κ2) is 17.5. The molecule has 0 aliphatic heterocycles. The first-order chi connectivity index (χ1) is 20.0. The van der Waals surface area contributed by atoms with Crippen LogP contribution in [0.3, 0.4) is 0 Å². The molecule has 0 bridgehead atoms. The van der Waals surface area contributed by atoms with Gasteiger partial charge in [-0.05, 0) is 49.0 Å². The Morgan fingerprint density at radius 1 is 0.976 bits per heavy atom. The molecular formula is C26H39N9O6S. The smallest absolute Gasteiger partial charge is 0.326 e. The maximum atomic E-state index is 13.4. The summed E-state index contributed by atoms with van der Waals surface area (Å²) in [7, 11) is 0. The first-order valence-electron chi connectivity index (χ1n) is 13.2. The van der Waals surface area contributed by atoms with Gasteiger partial charge in [0.2, 0.25) is 17.7 Å². The number of aliphatic carboxylic acids is 1. The van der Waals surface area contributed by atoms with Gasteiger partial charge in [0.25, 0.3) is 0 Å². The molecule has 0 saturated carbocycles. The molecule has 0 spiro atoms. The Morgan fingerprint density at radius 3 is 2.21 bits per heavy atom. The van der Waals surface area contributed by atoms with Crippen LogP contribution >= 0.6 is 11.8 Å². The maximum absolute atomic E-state index is 13.4. The van der Waals surface area contributed by atoms with Crippen molar-refractivity contribution >= 4 is 41.4 Å². The molecule has 3 amide bonds. The number of thioether (sulfide) groups is 1. The number of imidazole rings is 1. The lowest BCUT2D eigenvalue weighted by atomic mass is 10.0. The Kier molecular flexibility index (Phi) is 14.1. The number of phenols is 1. The van der Waals surface area contributed by atoms with Gasteiger partial charge in [-0.3, -0.25) is 19.4 Å². The lowest BCUT2D eigenvalue weighted by Gasteiger charge is -2.25. The largest absolute Gasteiger partial charge is 0.508 e. The van der Waals surface area contributed by atoms with E-state index in [4.69, 9.17) is 17.2 Å². The molecule has 0 saturated heterocycles. The Hall–Kier alpha value is -4.31. The number of carbonyl (C=O) groups is 4. The number of amides is 3. The third kappa shape index (κ3) is 12.1. The van der Waals surface area contributed by atoms with Crippen molar-refractivity contribution in [3.8, 4) is 5.75 Å². The minimum Gasteiger partial charge on any atom is -0.508 e. The predicted octanol–water partition coefficient (Wildman–Crippen LogP) is -1.43. The zero-order valence-electron chi connectivity index (χ0n) is 23.3. The number of benzene rings is 1. The van der Waals surface area contributed by atoms with Gasteiger partial charge in [-0.25, -0.2) is 9.78 Å². The molecule has 4 atom stereocenters. The number of nitrogens with two attached hydrogens (primary N) is 3. The summed E-state index contributed by atoms with van der Waals surface area (Å²) in [5.41, 5.74) is 17.9. The average molecular weight is 606 g/mol. The number of rotatable bonds is 18.